The van der Waals surface area contributed by atoms with Gasteiger partial charge in [0.1, 0.15) is 0 Å². The lowest BCUT2D eigenvalue weighted by Gasteiger charge is -2.26. The third kappa shape index (κ3) is 2.76. The van der Waals surface area contributed by atoms with E-state index in [0.717, 1.165) is 19.3 Å². The molecule has 2 aliphatic rings. The van der Waals surface area contributed by atoms with Gasteiger partial charge >= 0.3 is 5.97 Å². The molecule has 1 aromatic rings. The number of hydrogen-bond acceptors (Lipinski definition) is 4. The number of nitrogens with two attached hydrogens (primary N) is 1. The summed E-state index contributed by atoms with van der Waals surface area (Å²) in [5.74, 6) is -0.178. The molecule has 3 rings (SSSR count). The van der Waals surface area contributed by atoms with Crippen LogP contribution in [0, 0.1) is 17.8 Å². The molecule has 21 heavy (non-hydrogen) atoms. The summed E-state index contributed by atoms with van der Waals surface area (Å²) in [4.78, 5) is 27.0. The summed E-state index contributed by atoms with van der Waals surface area (Å²) < 4.78 is 0. The average Bonchev–Trinajstić information content (AvgIpc) is 3.01. The number of carbonyl (C=O) groups excluding carboxylic acids is 1. The number of carboxylic acid groups (broad SMARTS) is 1. The fraction of sp³-hybridized carbons (Fsp3) is 0.533. The van der Waals surface area contributed by atoms with Gasteiger partial charge in [0.15, 0.2) is 0 Å². The summed E-state index contributed by atoms with van der Waals surface area (Å²) in [7, 11) is 0. The molecule has 2 aliphatic carbocycles. The zero-order valence-electron chi connectivity index (χ0n) is 11.7. The van der Waals surface area contributed by atoms with Crippen LogP contribution in [0.25, 0.3) is 0 Å². The van der Waals surface area contributed by atoms with Crippen molar-refractivity contribution in [1.82, 2.24) is 4.98 Å². The summed E-state index contributed by atoms with van der Waals surface area (Å²) in [6.07, 6.45) is 4.67. The van der Waals surface area contributed by atoms with Crippen molar-refractivity contribution in [2.24, 2.45) is 23.5 Å². The number of nitrogens with one attached hydrogen (secondary N) is 1. The van der Waals surface area contributed by atoms with Gasteiger partial charge in [0.25, 0.3) is 0 Å². The normalized spacial score (nSPS) is 30.3. The summed E-state index contributed by atoms with van der Waals surface area (Å²) in [6.45, 7) is 0. The molecule has 0 aromatic carbocycles. The number of rotatable bonds is 4. The number of aromatic nitrogens is 1. The van der Waals surface area contributed by atoms with Crippen molar-refractivity contribution in [3.63, 3.8) is 0 Å². The largest absolute Gasteiger partial charge is 0.481 e. The van der Waals surface area contributed by atoms with Crippen LogP contribution in [0.4, 0.5) is 5.69 Å². The highest BCUT2D eigenvalue weighted by molar-refractivity contribution is 5.93. The van der Waals surface area contributed by atoms with Gasteiger partial charge in [-0.25, -0.2) is 0 Å². The van der Waals surface area contributed by atoms with Gasteiger partial charge in [-0.3, -0.25) is 14.6 Å². The molecule has 6 nitrogen and oxygen atoms in total. The molecule has 2 fully saturated rings. The number of aliphatic carboxylic acids is 1. The van der Waals surface area contributed by atoms with E-state index in [0.29, 0.717) is 23.2 Å². The number of amides is 1. The van der Waals surface area contributed by atoms with Gasteiger partial charge in [0.05, 0.1) is 29.9 Å². The first-order valence-electron chi connectivity index (χ1n) is 7.28. The molecule has 4 N–H and O–H groups in total. The molecule has 1 amide bonds. The summed E-state index contributed by atoms with van der Waals surface area (Å²) >= 11 is 0. The minimum atomic E-state index is -0.924. The van der Waals surface area contributed by atoms with Gasteiger partial charge in [0.2, 0.25) is 5.91 Å². The van der Waals surface area contributed by atoms with Crippen LogP contribution in [0.15, 0.2) is 18.3 Å². The van der Waals surface area contributed by atoms with Crippen molar-refractivity contribution in [3.05, 3.63) is 24.0 Å². The highest BCUT2D eigenvalue weighted by Gasteiger charge is 2.49. The molecule has 2 bridgehead atoms. The predicted octanol–water partition coefficient (Wildman–Crippen LogP) is 1.02. The quantitative estimate of drug-likeness (QED) is 0.767. The van der Waals surface area contributed by atoms with E-state index in [4.69, 9.17) is 10.8 Å². The number of fused-ring (bicyclic) bond motifs is 2. The first-order chi connectivity index (χ1) is 10.0. The molecule has 112 valence electrons. The Morgan fingerprint density at radius 3 is 2.67 bits per heavy atom. The van der Waals surface area contributed by atoms with E-state index in [1.54, 1.807) is 12.1 Å². The van der Waals surface area contributed by atoms with Crippen molar-refractivity contribution in [3.8, 4) is 0 Å². The maximum Gasteiger partial charge on any atom is 0.309 e. The Morgan fingerprint density at radius 1 is 1.33 bits per heavy atom. The minimum absolute atomic E-state index is 0.0389. The lowest BCUT2D eigenvalue weighted by Crippen LogP contribution is -2.42. The molecule has 1 heterocycles. The second-order valence-corrected chi connectivity index (χ2v) is 6.03. The molecule has 2 saturated carbocycles. The highest BCUT2D eigenvalue weighted by atomic mass is 16.4. The molecular formula is C15H19N3O3. The Hall–Kier alpha value is -1.95. The van der Waals surface area contributed by atoms with Crippen LogP contribution in [0.5, 0.6) is 0 Å². The summed E-state index contributed by atoms with van der Waals surface area (Å²) in [5, 5.41) is 11.5. The summed E-state index contributed by atoms with van der Waals surface area (Å²) in [6, 6.07) is 3.26. The van der Waals surface area contributed by atoms with Gasteiger partial charge in [-0.15, -0.1) is 0 Å². The fourth-order valence-electron chi connectivity index (χ4n) is 3.71. The third-order valence-corrected chi connectivity index (χ3v) is 4.71. The van der Waals surface area contributed by atoms with Crippen LogP contribution in [-0.4, -0.2) is 28.0 Å². The van der Waals surface area contributed by atoms with Crippen LogP contribution in [0.1, 0.15) is 25.0 Å². The maximum atomic E-state index is 12.4. The van der Waals surface area contributed by atoms with Crippen LogP contribution >= 0.6 is 0 Å². The number of anilines is 1. The van der Waals surface area contributed by atoms with Crippen molar-refractivity contribution < 1.29 is 14.7 Å². The summed E-state index contributed by atoms with van der Waals surface area (Å²) in [5.41, 5.74) is 7.21. The second-order valence-electron chi connectivity index (χ2n) is 6.03. The smallest absolute Gasteiger partial charge is 0.309 e. The molecule has 0 spiro atoms. The highest BCUT2D eigenvalue weighted by Crippen LogP contribution is 2.47. The Kier molecular flexibility index (Phi) is 3.63. The standard InChI is InChI=1S/C15H19N3O3/c16-14-9-2-1-8(5-9)13(14)15(21)18-11-4-3-10(17-7-11)6-12(19)20/h3-4,7-9,13-14H,1-2,5-6,16H2,(H,18,21)(H,19,20). The number of pyridine rings is 1. The number of hydrogen-bond donors (Lipinski definition) is 3. The second kappa shape index (κ2) is 5.44. The molecular weight excluding hydrogens is 270 g/mol. The van der Waals surface area contributed by atoms with Crippen molar-refractivity contribution in [1.29, 1.82) is 0 Å². The Labute approximate surface area is 122 Å². The molecule has 4 atom stereocenters. The molecule has 0 saturated heterocycles. The minimum Gasteiger partial charge on any atom is -0.481 e. The van der Waals surface area contributed by atoms with Crippen molar-refractivity contribution in [2.75, 3.05) is 5.32 Å². The topological polar surface area (TPSA) is 105 Å². The van der Waals surface area contributed by atoms with E-state index in [1.165, 1.54) is 6.20 Å². The Bertz CT molecular complexity index is 556. The van der Waals surface area contributed by atoms with Gasteiger partial charge in [0, 0.05) is 6.04 Å². The van der Waals surface area contributed by atoms with E-state index in [2.05, 4.69) is 10.3 Å². The van der Waals surface area contributed by atoms with Crippen molar-refractivity contribution in [2.45, 2.75) is 31.7 Å². The SMILES string of the molecule is NC1C2CCC(C2)C1C(=O)Nc1ccc(CC(=O)O)nc1. The molecule has 0 aliphatic heterocycles. The Balaban J connectivity index is 1.64. The zero-order valence-corrected chi connectivity index (χ0v) is 11.7. The van der Waals surface area contributed by atoms with Crippen LogP contribution in [0.2, 0.25) is 0 Å². The molecule has 0 radical (unpaired) electrons. The molecule has 1 aromatic heterocycles. The van der Waals surface area contributed by atoms with E-state index >= 15 is 0 Å². The van der Waals surface area contributed by atoms with E-state index < -0.39 is 5.97 Å². The van der Waals surface area contributed by atoms with Crippen LogP contribution < -0.4 is 11.1 Å². The first-order valence-corrected chi connectivity index (χ1v) is 7.28. The maximum absolute atomic E-state index is 12.4. The van der Waals surface area contributed by atoms with E-state index in [1.807, 2.05) is 0 Å². The van der Waals surface area contributed by atoms with Gasteiger partial charge in [-0.05, 0) is 43.2 Å². The molecule has 4 unspecified atom stereocenters. The predicted molar refractivity (Wildman–Crippen MR) is 76.5 cm³/mol. The number of carboxylic acids is 1. The lowest BCUT2D eigenvalue weighted by molar-refractivity contribution is -0.136. The van der Waals surface area contributed by atoms with Crippen molar-refractivity contribution >= 4 is 17.6 Å². The van der Waals surface area contributed by atoms with Crippen LogP contribution in [0.3, 0.4) is 0 Å². The fourth-order valence-corrected chi connectivity index (χ4v) is 3.71. The number of nitrogens with zero attached hydrogens (tertiary/aromatic N) is 1. The zero-order chi connectivity index (χ0) is 15.0. The lowest BCUT2D eigenvalue weighted by atomic mass is 9.84. The van der Waals surface area contributed by atoms with Gasteiger partial charge < -0.3 is 16.2 Å². The monoisotopic (exact) mass is 289 g/mol. The average molecular weight is 289 g/mol. The number of carbonyl (C=O) groups is 2. The van der Waals surface area contributed by atoms with Crippen LogP contribution in [-0.2, 0) is 16.0 Å². The van der Waals surface area contributed by atoms with E-state index in [-0.39, 0.29) is 24.3 Å². The third-order valence-electron chi connectivity index (χ3n) is 4.71. The Morgan fingerprint density at radius 2 is 2.10 bits per heavy atom. The van der Waals surface area contributed by atoms with Gasteiger partial charge in [-0.2, -0.15) is 0 Å². The van der Waals surface area contributed by atoms with Gasteiger partial charge in [-0.1, -0.05) is 0 Å². The van der Waals surface area contributed by atoms with E-state index in [9.17, 15) is 9.59 Å². The first kappa shape index (κ1) is 14.0. The molecule has 6 heteroatoms.